The van der Waals surface area contributed by atoms with Crippen molar-refractivity contribution in [3.63, 3.8) is 0 Å². The van der Waals surface area contributed by atoms with Crippen molar-refractivity contribution in [1.82, 2.24) is 9.80 Å². The number of nitrogens with zero attached hydrogens (tertiary/aromatic N) is 3. The number of benzene rings is 1. The number of amidine groups is 1. The maximum Gasteiger partial charge on any atom is 0.285 e. The van der Waals surface area contributed by atoms with Crippen molar-refractivity contribution in [2.24, 2.45) is 4.40 Å². The minimum Gasteiger partial charge on any atom is -0.347 e. The average molecular weight is 405 g/mol. The van der Waals surface area contributed by atoms with Crippen LogP contribution in [0, 0.1) is 0 Å². The molecule has 4 aliphatic heterocycles. The van der Waals surface area contributed by atoms with Gasteiger partial charge in [0.15, 0.2) is 11.6 Å². The maximum absolute atomic E-state index is 13.2. The molecule has 0 bridgehead atoms. The number of sulfonamides is 1. The Labute approximate surface area is 164 Å². The topological polar surface area (TPSA) is 88.5 Å². The van der Waals surface area contributed by atoms with Crippen molar-refractivity contribution in [3.8, 4) is 0 Å². The molecular formula is C19H23N3O5S. The van der Waals surface area contributed by atoms with E-state index in [2.05, 4.69) is 4.40 Å². The van der Waals surface area contributed by atoms with Crippen LogP contribution in [-0.4, -0.2) is 74.6 Å². The smallest absolute Gasteiger partial charge is 0.285 e. The SMILES string of the molecule is O=C([C@@H]1CCCN1C1=NS(=O)(=O)c2ccccc21)N1CCC2(CC1)OCCO2. The number of ether oxygens (including phenoxy) is 2. The number of carbonyl (C=O) groups is 1. The van der Waals surface area contributed by atoms with Gasteiger partial charge in [0.2, 0.25) is 5.91 Å². The van der Waals surface area contributed by atoms with Gasteiger partial charge in [-0.2, -0.15) is 8.42 Å². The molecule has 0 radical (unpaired) electrons. The predicted molar refractivity (Wildman–Crippen MR) is 100 cm³/mol. The Morgan fingerprint density at radius 1 is 1.11 bits per heavy atom. The highest BCUT2D eigenvalue weighted by atomic mass is 32.2. The van der Waals surface area contributed by atoms with Gasteiger partial charge < -0.3 is 19.3 Å². The molecule has 150 valence electrons. The lowest BCUT2D eigenvalue weighted by Gasteiger charge is -2.39. The number of piperidine rings is 1. The first-order valence-corrected chi connectivity index (χ1v) is 11.2. The molecule has 3 saturated heterocycles. The Balaban J connectivity index is 1.36. The molecule has 3 fully saturated rings. The van der Waals surface area contributed by atoms with Crippen LogP contribution in [0.25, 0.3) is 0 Å². The van der Waals surface area contributed by atoms with Crippen molar-refractivity contribution in [2.45, 2.75) is 42.4 Å². The third-order valence-corrected chi connectivity index (χ3v) is 7.40. The molecule has 0 unspecified atom stereocenters. The molecule has 0 N–H and O–H groups in total. The molecule has 5 rings (SSSR count). The summed E-state index contributed by atoms with van der Waals surface area (Å²) in [6.07, 6.45) is 2.88. The van der Waals surface area contributed by atoms with E-state index in [1.807, 2.05) is 9.80 Å². The number of amides is 1. The van der Waals surface area contributed by atoms with Crippen molar-refractivity contribution in [3.05, 3.63) is 29.8 Å². The quantitative estimate of drug-likeness (QED) is 0.692. The highest BCUT2D eigenvalue weighted by molar-refractivity contribution is 7.90. The second kappa shape index (κ2) is 6.53. The number of hydrogen-bond acceptors (Lipinski definition) is 6. The van der Waals surface area contributed by atoms with Gasteiger partial charge in [0.1, 0.15) is 10.9 Å². The largest absolute Gasteiger partial charge is 0.347 e. The number of hydrogen-bond donors (Lipinski definition) is 0. The monoisotopic (exact) mass is 405 g/mol. The summed E-state index contributed by atoms with van der Waals surface area (Å²) in [5.41, 5.74) is 0.590. The fraction of sp³-hybridized carbons (Fsp3) is 0.579. The molecule has 1 aromatic carbocycles. The van der Waals surface area contributed by atoms with E-state index in [4.69, 9.17) is 9.47 Å². The molecule has 4 heterocycles. The van der Waals surface area contributed by atoms with Crippen LogP contribution >= 0.6 is 0 Å². The number of fused-ring (bicyclic) bond motifs is 1. The van der Waals surface area contributed by atoms with E-state index in [1.165, 1.54) is 0 Å². The molecule has 8 nitrogen and oxygen atoms in total. The van der Waals surface area contributed by atoms with Gasteiger partial charge in [-0.15, -0.1) is 4.40 Å². The minimum atomic E-state index is -3.69. The third kappa shape index (κ3) is 2.84. The van der Waals surface area contributed by atoms with Crippen molar-refractivity contribution in [2.75, 3.05) is 32.8 Å². The summed E-state index contributed by atoms with van der Waals surface area (Å²) in [6, 6.07) is 6.45. The zero-order valence-electron chi connectivity index (χ0n) is 15.5. The Kier molecular flexibility index (Phi) is 4.22. The molecule has 0 aliphatic carbocycles. The van der Waals surface area contributed by atoms with E-state index in [9.17, 15) is 13.2 Å². The Morgan fingerprint density at radius 3 is 2.57 bits per heavy atom. The minimum absolute atomic E-state index is 0.0369. The van der Waals surface area contributed by atoms with E-state index < -0.39 is 15.8 Å². The molecule has 9 heteroatoms. The van der Waals surface area contributed by atoms with Gasteiger partial charge in [0, 0.05) is 38.0 Å². The Morgan fingerprint density at radius 2 is 1.82 bits per heavy atom. The zero-order valence-corrected chi connectivity index (χ0v) is 16.4. The predicted octanol–water partition coefficient (Wildman–Crippen LogP) is 0.965. The Bertz CT molecular complexity index is 929. The molecule has 1 atom stereocenters. The lowest BCUT2D eigenvalue weighted by molar-refractivity contribution is -0.188. The summed E-state index contributed by atoms with van der Waals surface area (Å²) in [6.45, 7) is 3.02. The van der Waals surface area contributed by atoms with Gasteiger partial charge in [0.25, 0.3) is 10.0 Å². The summed E-state index contributed by atoms with van der Waals surface area (Å²) in [7, 11) is -3.69. The molecule has 1 amide bonds. The van der Waals surface area contributed by atoms with Crippen LogP contribution in [0.5, 0.6) is 0 Å². The van der Waals surface area contributed by atoms with Gasteiger partial charge in [-0.3, -0.25) is 4.79 Å². The van der Waals surface area contributed by atoms with E-state index in [-0.39, 0.29) is 16.8 Å². The van der Waals surface area contributed by atoms with Crippen LogP contribution in [0.15, 0.2) is 33.6 Å². The van der Waals surface area contributed by atoms with Crippen LogP contribution in [0.4, 0.5) is 0 Å². The summed E-state index contributed by atoms with van der Waals surface area (Å²) in [5.74, 6) is -0.0773. The first kappa shape index (κ1) is 18.1. The van der Waals surface area contributed by atoms with Gasteiger partial charge in [-0.05, 0) is 25.0 Å². The van der Waals surface area contributed by atoms with Gasteiger partial charge >= 0.3 is 0 Å². The molecule has 4 aliphatic rings. The second-order valence-corrected chi connectivity index (χ2v) is 9.24. The Hall–Kier alpha value is -1.97. The molecule has 1 aromatic rings. The highest BCUT2D eigenvalue weighted by Crippen LogP contribution is 2.34. The number of carbonyl (C=O) groups excluding carboxylic acids is 1. The summed E-state index contributed by atoms with van der Waals surface area (Å²) < 4.78 is 40.3. The van der Waals surface area contributed by atoms with Crippen LogP contribution < -0.4 is 0 Å². The van der Waals surface area contributed by atoms with Crippen LogP contribution in [0.1, 0.15) is 31.2 Å². The van der Waals surface area contributed by atoms with Crippen LogP contribution in [-0.2, 0) is 24.3 Å². The van der Waals surface area contributed by atoms with Crippen LogP contribution in [0.3, 0.4) is 0 Å². The maximum atomic E-state index is 13.2. The van der Waals surface area contributed by atoms with Gasteiger partial charge in [-0.1, -0.05) is 12.1 Å². The standard InChI is InChI=1S/C19H23N3O5S/c23-18(21-10-7-19(8-11-21)26-12-13-27-19)15-5-3-9-22(15)17-14-4-1-2-6-16(14)28(24,25)20-17/h1-2,4,6,15H,3,5,7-13H2/t15-/m0/s1. The molecule has 1 spiro atoms. The lowest BCUT2D eigenvalue weighted by Crippen LogP contribution is -2.53. The normalized spacial score (nSPS) is 27.9. The van der Waals surface area contributed by atoms with Crippen LogP contribution in [0.2, 0.25) is 0 Å². The van der Waals surface area contributed by atoms with Crippen molar-refractivity contribution < 1.29 is 22.7 Å². The first-order chi connectivity index (χ1) is 13.5. The third-order valence-electron chi connectivity index (χ3n) is 6.07. The number of rotatable bonds is 1. The van der Waals surface area contributed by atoms with Gasteiger partial charge in [0.05, 0.1) is 13.2 Å². The fourth-order valence-electron chi connectivity index (χ4n) is 4.64. The average Bonchev–Trinajstić information content (AvgIpc) is 3.41. The lowest BCUT2D eigenvalue weighted by atomic mass is 10.0. The van der Waals surface area contributed by atoms with Crippen molar-refractivity contribution >= 4 is 21.8 Å². The number of likely N-dealkylation sites (tertiary alicyclic amines) is 2. The molecule has 0 aromatic heterocycles. The summed E-state index contributed by atoms with van der Waals surface area (Å²) >= 11 is 0. The van der Waals surface area contributed by atoms with E-state index in [1.54, 1.807) is 24.3 Å². The fourth-order valence-corrected chi connectivity index (χ4v) is 5.85. The van der Waals surface area contributed by atoms with Crippen molar-refractivity contribution in [1.29, 1.82) is 0 Å². The van der Waals surface area contributed by atoms with E-state index in [0.29, 0.717) is 63.5 Å². The van der Waals surface area contributed by atoms with E-state index >= 15 is 0 Å². The molecular weight excluding hydrogens is 382 g/mol. The first-order valence-electron chi connectivity index (χ1n) is 9.77. The van der Waals surface area contributed by atoms with E-state index in [0.717, 1.165) is 6.42 Å². The second-order valence-electron chi connectivity index (χ2n) is 7.67. The summed E-state index contributed by atoms with van der Waals surface area (Å²) in [5, 5.41) is 0. The zero-order chi connectivity index (χ0) is 19.4. The summed E-state index contributed by atoms with van der Waals surface area (Å²) in [4.78, 5) is 17.2. The molecule has 0 saturated carbocycles. The molecule has 28 heavy (non-hydrogen) atoms. The van der Waals surface area contributed by atoms with Gasteiger partial charge in [-0.25, -0.2) is 0 Å². The highest BCUT2D eigenvalue weighted by Gasteiger charge is 2.44.